The number of fused-ring (bicyclic) bond motifs is 1. The predicted molar refractivity (Wildman–Crippen MR) is 57.4 cm³/mol. The maximum atomic E-state index is 12.9. The van der Waals surface area contributed by atoms with Gasteiger partial charge < -0.3 is 5.73 Å². The van der Waals surface area contributed by atoms with Gasteiger partial charge in [-0.05, 0) is 12.1 Å². The number of hydrogen-bond donors (Lipinski definition) is 1. The molecule has 2 rings (SSSR count). The highest BCUT2D eigenvalue weighted by Crippen LogP contribution is 2.26. The second kappa shape index (κ2) is 3.67. The van der Waals surface area contributed by atoms with E-state index in [4.69, 9.17) is 11.0 Å². The SMILES string of the molecule is N#C/C(F)=C(\N)c1nc2ccccc2s1. The van der Waals surface area contributed by atoms with Crippen molar-refractivity contribution in [1.29, 1.82) is 5.26 Å². The van der Waals surface area contributed by atoms with Gasteiger partial charge in [0.1, 0.15) is 16.8 Å². The number of nitriles is 1. The van der Waals surface area contributed by atoms with E-state index in [1.54, 1.807) is 0 Å². The Labute approximate surface area is 89.3 Å². The number of aromatic nitrogens is 1. The highest BCUT2D eigenvalue weighted by molar-refractivity contribution is 7.19. The number of nitrogens with zero attached hydrogens (tertiary/aromatic N) is 2. The number of halogens is 1. The summed E-state index contributed by atoms with van der Waals surface area (Å²) in [7, 11) is 0. The van der Waals surface area contributed by atoms with Gasteiger partial charge in [-0.25, -0.2) is 4.98 Å². The molecular formula is C10H6FN3S. The molecule has 74 valence electrons. The van der Waals surface area contributed by atoms with E-state index < -0.39 is 5.83 Å². The lowest BCUT2D eigenvalue weighted by Gasteiger charge is -1.91. The van der Waals surface area contributed by atoms with Gasteiger partial charge in [0.2, 0.25) is 5.83 Å². The van der Waals surface area contributed by atoms with Crippen LogP contribution in [0.25, 0.3) is 15.9 Å². The second-order valence-electron chi connectivity index (χ2n) is 2.83. The van der Waals surface area contributed by atoms with Gasteiger partial charge in [-0.15, -0.1) is 11.3 Å². The van der Waals surface area contributed by atoms with Gasteiger partial charge in [0, 0.05) is 0 Å². The van der Waals surface area contributed by atoms with E-state index in [-0.39, 0.29) is 5.70 Å². The minimum Gasteiger partial charge on any atom is -0.393 e. The molecule has 0 saturated heterocycles. The zero-order valence-corrected chi connectivity index (χ0v) is 8.38. The zero-order chi connectivity index (χ0) is 10.8. The van der Waals surface area contributed by atoms with Crippen molar-refractivity contribution in [3.05, 3.63) is 35.1 Å². The number of thiazole rings is 1. The lowest BCUT2D eigenvalue weighted by molar-refractivity contribution is 0.673. The maximum Gasteiger partial charge on any atom is 0.225 e. The molecule has 1 heterocycles. The Morgan fingerprint density at radius 2 is 2.20 bits per heavy atom. The number of nitrogens with two attached hydrogens (primary N) is 1. The number of rotatable bonds is 1. The van der Waals surface area contributed by atoms with E-state index in [1.165, 1.54) is 17.4 Å². The number of allylic oxidation sites excluding steroid dienone is 1. The summed E-state index contributed by atoms with van der Waals surface area (Å²) in [4.78, 5) is 4.13. The Hall–Kier alpha value is -1.93. The summed E-state index contributed by atoms with van der Waals surface area (Å²) < 4.78 is 13.8. The summed E-state index contributed by atoms with van der Waals surface area (Å²) in [5, 5.41) is 8.70. The Kier molecular flexibility index (Phi) is 2.35. The van der Waals surface area contributed by atoms with Crippen molar-refractivity contribution in [2.45, 2.75) is 0 Å². The maximum absolute atomic E-state index is 12.9. The van der Waals surface area contributed by atoms with Gasteiger partial charge in [0.25, 0.3) is 0 Å². The van der Waals surface area contributed by atoms with Gasteiger partial charge in [-0.1, -0.05) is 12.1 Å². The molecule has 0 aliphatic rings. The molecule has 0 aliphatic carbocycles. The molecule has 0 atom stereocenters. The zero-order valence-electron chi connectivity index (χ0n) is 7.57. The number of para-hydroxylation sites is 1. The summed E-state index contributed by atoms with van der Waals surface area (Å²) in [6.07, 6.45) is 0. The fraction of sp³-hybridized carbons (Fsp3) is 0. The average molecular weight is 219 g/mol. The molecule has 0 spiro atoms. The lowest BCUT2D eigenvalue weighted by atomic mass is 10.3. The van der Waals surface area contributed by atoms with E-state index in [9.17, 15) is 4.39 Å². The first-order valence-electron chi connectivity index (χ1n) is 4.13. The summed E-state index contributed by atoms with van der Waals surface area (Å²) in [5.74, 6) is -0.992. The van der Waals surface area contributed by atoms with Crippen molar-refractivity contribution in [1.82, 2.24) is 4.98 Å². The van der Waals surface area contributed by atoms with Crippen LogP contribution in [0.2, 0.25) is 0 Å². The quantitative estimate of drug-likeness (QED) is 0.749. The minimum absolute atomic E-state index is 0.196. The summed E-state index contributed by atoms with van der Waals surface area (Å²) in [6, 6.07) is 8.75. The van der Waals surface area contributed by atoms with Crippen LogP contribution in [0.3, 0.4) is 0 Å². The van der Waals surface area contributed by atoms with E-state index in [2.05, 4.69) is 4.98 Å². The lowest BCUT2D eigenvalue weighted by Crippen LogP contribution is -1.97. The fourth-order valence-electron chi connectivity index (χ4n) is 1.14. The van der Waals surface area contributed by atoms with Gasteiger partial charge >= 0.3 is 0 Å². The van der Waals surface area contributed by atoms with Crippen LogP contribution in [0.5, 0.6) is 0 Å². The summed E-state index contributed by atoms with van der Waals surface area (Å²) in [6.45, 7) is 0. The van der Waals surface area contributed by atoms with Crippen LogP contribution in [0.4, 0.5) is 4.39 Å². The third-order valence-corrected chi connectivity index (χ3v) is 2.93. The van der Waals surface area contributed by atoms with E-state index >= 15 is 0 Å². The van der Waals surface area contributed by atoms with Crippen LogP contribution in [-0.4, -0.2) is 4.98 Å². The molecule has 0 radical (unpaired) electrons. The van der Waals surface area contributed by atoms with Crippen molar-refractivity contribution >= 4 is 27.3 Å². The molecule has 5 heteroatoms. The van der Waals surface area contributed by atoms with Crippen molar-refractivity contribution < 1.29 is 4.39 Å². The molecule has 0 unspecified atom stereocenters. The Bertz CT molecular complexity index is 547. The standard InChI is InChI=1S/C10H6FN3S/c11-6(5-12)9(13)10-14-7-3-1-2-4-8(7)15-10/h1-4H,13H2/b9-6+. The topological polar surface area (TPSA) is 62.7 Å². The third-order valence-electron chi connectivity index (χ3n) is 1.86. The van der Waals surface area contributed by atoms with Crippen molar-refractivity contribution in [3.63, 3.8) is 0 Å². The largest absolute Gasteiger partial charge is 0.393 e. The molecule has 1 aromatic heterocycles. The molecule has 2 N–H and O–H groups in total. The molecule has 0 bridgehead atoms. The Morgan fingerprint density at radius 3 is 2.87 bits per heavy atom. The number of hydrogen-bond acceptors (Lipinski definition) is 4. The summed E-state index contributed by atoms with van der Waals surface area (Å²) in [5.41, 5.74) is 6.00. The number of benzene rings is 1. The molecule has 2 aromatic rings. The van der Waals surface area contributed by atoms with Crippen molar-refractivity contribution in [2.75, 3.05) is 0 Å². The first kappa shape index (κ1) is 9.62. The Morgan fingerprint density at radius 1 is 1.47 bits per heavy atom. The molecule has 0 aliphatic heterocycles. The molecule has 1 aromatic carbocycles. The first-order chi connectivity index (χ1) is 7.22. The average Bonchev–Trinajstić information content (AvgIpc) is 2.70. The minimum atomic E-state index is -0.992. The second-order valence-corrected chi connectivity index (χ2v) is 3.86. The molecule has 3 nitrogen and oxygen atoms in total. The van der Waals surface area contributed by atoms with E-state index in [0.717, 1.165) is 10.2 Å². The summed E-state index contributed by atoms with van der Waals surface area (Å²) >= 11 is 1.26. The van der Waals surface area contributed by atoms with Crippen LogP contribution in [-0.2, 0) is 0 Å². The first-order valence-corrected chi connectivity index (χ1v) is 4.95. The normalized spacial score (nSPS) is 12.3. The smallest absolute Gasteiger partial charge is 0.225 e. The molecule has 15 heavy (non-hydrogen) atoms. The van der Waals surface area contributed by atoms with Crippen LogP contribution in [0, 0.1) is 11.3 Å². The van der Waals surface area contributed by atoms with Crippen molar-refractivity contribution in [3.8, 4) is 6.07 Å². The van der Waals surface area contributed by atoms with Crippen LogP contribution in [0.15, 0.2) is 30.1 Å². The van der Waals surface area contributed by atoms with Gasteiger partial charge in [-0.2, -0.15) is 9.65 Å². The predicted octanol–water partition coefficient (Wildman–Crippen LogP) is 2.42. The van der Waals surface area contributed by atoms with E-state index in [0.29, 0.717) is 5.01 Å². The van der Waals surface area contributed by atoms with Crippen LogP contribution in [0.1, 0.15) is 5.01 Å². The van der Waals surface area contributed by atoms with Gasteiger partial charge in [0.15, 0.2) is 0 Å². The Balaban J connectivity index is 2.60. The van der Waals surface area contributed by atoms with E-state index in [1.807, 2.05) is 24.3 Å². The monoisotopic (exact) mass is 219 g/mol. The van der Waals surface area contributed by atoms with Crippen molar-refractivity contribution in [2.24, 2.45) is 5.73 Å². The highest BCUT2D eigenvalue weighted by Gasteiger charge is 2.10. The molecule has 0 fully saturated rings. The molecular weight excluding hydrogens is 213 g/mol. The van der Waals surface area contributed by atoms with Crippen LogP contribution < -0.4 is 5.73 Å². The van der Waals surface area contributed by atoms with Gasteiger partial charge in [0.05, 0.1) is 10.2 Å². The highest BCUT2D eigenvalue weighted by atomic mass is 32.1. The fourth-order valence-corrected chi connectivity index (χ4v) is 2.06. The molecule has 0 amide bonds. The third kappa shape index (κ3) is 1.67. The molecule has 0 saturated carbocycles. The van der Waals surface area contributed by atoms with Crippen LogP contribution >= 0.6 is 11.3 Å². The van der Waals surface area contributed by atoms with Gasteiger partial charge in [-0.3, -0.25) is 0 Å².